The lowest BCUT2D eigenvalue weighted by atomic mass is 10.1. The number of fused-ring (bicyclic) bond motifs is 1. The second kappa shape index (κ2) is 4.67. The molecule has 0 amide bonds. The predicted molar refractivity (Wildman–Crippen MR) is 73.0 cm³/mol. The van der Waals surface area contributed by atoms with Crippen molar-refractivity contribution in [3.8, 4) is 0 Å². The zero-order chi connectivity index (χ0) is 13.4. The summed E-state index contributed by atoms with van der Waals surface area (Å²) >= 11 is 0. The lowest BCUT2D eigenvalue weighted by Gasteiger charge is -2.06. The van der Waals surface area contributed by atoms with E-state index in [0.717, 1.165) is 22.9 Å². The minimum absolute atomic E-state index is 0.351. The number of nitrogens with zero attached hydrogens (tertiary/aromatic N) is 4. The second-order valence-electron chi connectivity index (χ2n) is 5.74. The van der Waals surface area contributed by atoms with Crippen LogP contribution < -0.4 is 0 Å². The van der Waals surface area contributed by atoms with Crippen molar-refractivity contribution in [3.63, 3.8) is 0 Å². The Labute approximate surface area is 108 Å². The van der Waals surface area contributed by atoms with Gasteiger partial charge in [0.1, 0.15) is 5.82 Å². The lowest BCUT2D eigenvalue weighted by Crippen LogP contribution is -2.04. The molecule has 0 aromatic carbocycles. The van der Waals surface area contributed by atoms with E-state index >= 15 is 0 Å². The van der Waals surface area contributed by atoms with Crippen LogP contribution in [-0.4, -0.2) is 19.6 Å². The smallest absolute Gasteiger partial charge is 0.177 e. The normalized spacial score (nSPS) is 12.3. The van der Waals surface area contributed by atoms with E-state index in [1.54, 1.807) is 0 Å². The van der Waals surface area contributed by atoms with Gasteiger partial charge in [0.25, 0.3) is 0 Å². The molecule has 0 atom stereocenters. The zero-order valence-electron chi connectivity index (χ0n) is 12.1. The maximum Gasteiger partial charge on any atom is 0.177 e. The first-order chi connectivity index (χ1) is 8.41. The monoisotopic (exact) mass is 246 g/mol. The maximum absolute atomic E-state index is 4.74. The Morgan fingerprint density at radius 2 is 1.56 bits per heavy atom. The molecule has 0 aliphatic carbocycles. The van der Waals surface area contributed by atoms with Gasteiger partial charge in [0.2, 0.25) is 0 Å². The third kappa shape index (κ3) is 2.11. The Morgan fingerprint density at radius 3 is 2.06 bits per heavy atom. The van der Waals surface area contributed by atoms with Crippen molar-refractivity contribution in [2.75, 3.05) is 0 Å². The highest BCUT2D eigenvalue weighted by atomic mass is 15.3. The first kappa shape index (κ1) is 13.0. The van der Waals surface area contributed by atoms with Crippen molar-refractivity contribution < 1.29 is 0 Å². The summed E-state index contributed by atoms with van der Waals surface area (Å²) in [5, 5.41) is 4.52. The standard InChI is InChI=1S/C14H22N4/c1-8(2)11-7-15-18-13(10(5)6)17-12(9(3)4)14(18)16-11/h7-10H,1-6H3. The molecule has 2 heterocycles. The summed E-state index contributed by atoms with van der Waals surface area (Å²) in [5.74, 6) is 2.10. The molecule has 0 unspecified atom stereocenters. The molecule has 2 rings (SSSR count). The molecule has 4 nitrogen and oxygen atoms in total. The molecular weight excluding hydrogens is 224 g/mol. The first-order valence-corrected chi connectivity index (χ1v) is 6.67. The van der Waals surface area contributed by atoms with E-state index in [4.69, 9.17) is 9.97 Å². The van der Waals surface area contributed by atoms with Crippen LogP contribution in [0.3, 0.4) is 0 Å². The Kier molecular flexibility index (Phi) is 3.37. The van der Waals surface area contributed by atoms with E-state index < -0.39 is 0 Å². The van der Waals surface area contributed by atoms with Crippen molar-refractivity contribution in [1.29, 1.82) is 0 Å². The summed E-state index contributed by atoms with van der Waals surface area (Å²) in [6, 6.07) is 0. The van der Waals surface area contributed by atoms with E-state index in [-0.39, 0.29) is 0 Å². The molecule has 0 N–H and O–H groups in total. The van der Waals surface area contributed by atoms with Gasteiger partial charge >= 0.3 is 0 Å². The number of rotatable bonds is 3. The molecule has 0 spiro atoms. The Hall–Kier alpha value is -1.45. The highest BCUT2D eigenvalue weighted by Gasteiger charge is 2.18. The van der Waals surface area contributed by atoms with E-state index in [0.29, 0.717) is 17.8 Å². The average Bonchev–Trinajstić information content (AvgIpc) is 2.67. The van der Waals surface area contributed by atoms with Gasteiger partial charge in [0.15, 0.2) is 5.65 Å². The fourth-order valence-corrected chi connectivity index (χ4v) is 1.96. The fourth-order valence-electron chi connectivity index (χ4n) is 1.96. The average molecular weight is 246 g/mol. The summed E-state index contributed by atoms with van der Waals surface area (Å²) < 4.78 is 1.89. The molecule has 98 valence electrons. The summed E-state index contributed by atoms with van der Waals surface area (Å²) in [6.45, 7) is 12.8. The summed E-state index contributed by atoms with van der Waals surface area (Å²) in [4.78, 5) is 9.46. The molecule has 4 heteroatoms. The molecule has 0 saturated heterocycles. The van der Waals surface area contributed by atoms with Crippen molar-refractivity contribution in [1.82, 2.24) is 19.6 Å². The van der Waals surface area contributed by atoms with Gasteiger partial charge in [-0.3, -0.25) is 0 Å². The van der Waals surface area contributed by atoms with E-state index in [2.05, 4.69) is 46.6 Å². The van der Waals surface area contributed by atoms with Gasteiger partial charge in [-0.05, 0) is 11.8 Å². The van der Waals surface area contributed by atoms with E-state index in [1.807, 2.05) is 10.7 Å². The topological polar surface area (TPSA) is 43.1 Å². The van der Waals surface area contributed by atoms with Crippen LogP contribution in [0, 0.1) is 0 Å². The largest absolute Gasteiger partial charge is 0.233 e. The molecule has 0 saturated carbocycles. The minimum Gasteiger partial charge on any atom is -0.233 e. The van der Waals surface area contributed by atoms with Crippen LogP contribution in [0.4, 0.5) is 0 Å². The van der Waals surface area contributed by atoms with Crippen LogP contribution in [-0.2, 0) is 0 Å². The Balaban J connectivity index is 2.71. The van der Waals surface area contributed by atoms with Crippen LogP contribution in [0.15, 0.2) is 6.20 Å². The summed E-state index contributed by atoms with van der Waals surface area (Å²) in [7, 11) is 0. The van der Waals surface area contributed by atoms with Gasteiger partial charge < -0.3 is 0 Å². The van der Waals surface area contributed by atoms with Crippen LogP contribution in [0.1, 0.15) is 76.5 Å². The van der Waals surface area contributed by atoms with Gasteiger partial charge in [0, 0.05) is 5.92 Å². The van der Waals surface area contributed by atoms with E-state index in [1.165, 1.54) is 0 Å². The lowest BCUT2D eigenvalue weighted by molar-refractivity contribution is 0.705. The number of hydrogen-bond donors (Lipinski definition) is 0. The minimum atomic E-state index is 0.351. The van der Waals surface area contributed by atoms with Gasteiger partial charge in [-0.2, -0.15) is 9.61 Å². The van der Waals surface area contributed by atoms with Gasteiger partial charge in [-0.15, -0.1) is 0 Å². The first-order valence-electron chi connectivity index (χ1n) is 6.67. The van der Waals surface area contributed by atoms with Crippen molar-refractivity contribution in [2.45, 2.75) is 59.3 Å². The third-order valence-electron chi connectivity index (χ3n) is 3.08. The fraction of sp³-hybridized carbons (Fsp3) is 0.643. The second-order valence-corrected chi connectivity index (χ2v) is 5.74. The molecule has 2 aromatic heterocycles. The van der Waals surface area contributed by atoms with E-state index in [9.17, 15) is 0 Å². The number of aromatic nitrogens is 4. The summed E-state index contributed by atoms with van der Waals surface area (Å²) in [5.41, 5.74) is 2.99. The Morgan fingerprint density at radius 1 is 0.889 bits per heavy atom. The third-order valence-corrected chi connectivity index (χ3v) is 3.08. The van der Waals surface area contributed by atoms with Crippen LogP contribution >= 0.6 is 0 Å². The van der Waals surface area contributed by atoms with Crippen molar-refractivity contribution >= 4 is 5.65 Å². The molecule has 0 aliphatic heterocycles. The van der Waals surface area contributed by atoms with Crippen LogP contribution in [0.25, 0.3) is 5.65 Å². The molecule has 0 fully saturated rings. The van der Waals surface area contributed by atoms with Crippen molar-refractivity contribution in [3.05, 3.63) is 23.4 Å². The maximum atomic E-state index is 4.74. The molecule has 18 heavy (non-hydrogen) atoms. The quantitative estimate of drug-likeness (QED) is 0.832. The predicted octanol–water partition coefficient (Wildman–Crippen LogP) is 3.49. The molecular formula is C14H22N4. The highest BCUT2D eigenvalue weighted by Crippen LogP contribution is 2.24. The van der Waals surface area contributed by atoms with Crippen LogP contribution in [0.5, 0.6) is 0 Å². The number of imidazole rings is 1. The van der Waals surface area contributed by atoms with Gasteiger partial charge in [-0.25, -0.2) is 9.97 Å². The van der Waals surface area contributed by atoms with Crippen LogP contribution in [0.2, 0.25) is 0 Å². The Bertz CT molecular complexity index is 552. The molecule has 2 aromatic rings. The highest BCUT2D eigenvalue weighted by molar-refractivity contribution is 5.47. The molecule has 0 bridgehead atoms. The SMILES string of the molecule is CC(C)c1cnn2c(C(C)C)nc(C(C)C)c2n1. The molecule has 0 radical (unpaired) electrons. The molecule has 0 aliphatic rings. The zero-order valence-corrected chi connectivity index (χ0v) is 12.1. The van der Waals surface area contributed by atoms with Crippen molar-refractivity contribution in [2.24, 2.45) is 0 Å². The number of hydrogen-bond acceptors (Lipinski definition) is 3. The van der Waals surface area contributed by atoms with Gasteiger partial charge in [0.05, 0.1) is 17.6 Å². The summed E-state index contributed by atoms with van der Waals surface area (Å²) in [6.07, 6.45) is 1.86. The van der Waals surface area contributed by atoms with Gasteiger partial charge in [-0.1, -0.05) is 41.5 Å².